The minimum Gasteiger partial charge on any atom is -0.461 e. The van der Waals surface area contributed by atoms with Gasteiger partial charge in [0, 0.05) is 25.5 Å². The summed E-state index contributed by atoms with van der Waals surface area (Å²) >= 11 is 0. The third-order valence-corrected chi connectivity index (χ3v) is 2.38. The average Bonchev–Trinajstić information content (AvgIpc) is 2.86. The van der Waals surface area contributed by atoms with E-state index in [0.717, 1.165) is 13.0 Å². The molecular formula is C12H19N7O. The fraction of sp³-hybridized carbons (Fsp3) is 0.500. The molecule has 0 aliphatic heterocycles. The van der Waals surface area contributed by atoms with Crippen LogP contribution in [0.15, 0.2) is 18.5 Å². The smallest absolute Gasteiger partial charge is 0.323 e. The largest absolute Gasteiger partial charge is 0.461 e. The fourth-order valence-electron chi connectivity index (χ4n) is 1.59. The second-order valence-electron chi connectivity index (χ2n) is 4.52. The van der Waals surface area contributed by atoms with Crippen molar-refractivity contribution in [1.82, 2.24) is 24.7 Å². The second kappa shape index (κ2) is 6.69. The first-order valence-corrected chi connectivity index (χ1v) is 6.53. The van der Waals surface area contributed by atoms with Crippen LogP contribution in [0.5, 0.6) is 6.01 Å². The summed E-state index contributed by atoms with van der Waals surface area (Å²) in [7, 11) is 0. The SMILES string of the molecule is CC(C)Oc1nc(N)nc(NCCCn2cccn2)n1. The predicted octanol–water partition coefficient (Wildman–Crippen LogP) is 0.940. The van der Waals surface area contributed by atoms with Gasteiger partial charge in [0.15, 0.2) is 0 Å². The molecule has 0 saturated carbocycles. The molecule has 2 heterocycles. The van der Waals surface area contributed by atoms with Crippen molar-refractivity contribution in [3.05, 3.63) is 18.5 Å². The van der Waals surface area contributed by atoms with Gasteiger partial charge in [-0.25, -0.2) is 0 Å². The second-order valence-corrected chi connectivity index (χ2v) is 4.52. The minimum absolute atomic E-state index is 0.00975. The van der Waals surface area contributed by atoms with Gasteiger partial charge in [0.05, 0.1) is 6.10 Å². The van der Waals surface area contributed by atoms with E-state index >= 15 is 0 Å². The summed E-state index contributed by atoms with van der Waals surface area (Å²) in [5.74, 6) is 0.568. The van der Waals surface area contributed by atoms with Crippen LogP contribution >= 0.6 is 0 Å². The Kier molecular flexibility index (Phi) is 4.70. The molecule has 20 heavy (non-hydrogen) atoms. The molecule has 108 valence electrons. The average molecular weight is 277 g/mol. The van der Waals surface area contributed by atoms with Crippen LogP contribution in [0.3, 0.4) is 0 Å². The van der Waals surface area contributed by atoms with Gasteiger partial charge in [-0.15, -0.1) is 0 Å². The third-order valence-electron chi connectivity index (χ3n) is 2.38. The van der Waals surface area contributed by atoms with E-state index in [2.05, 4.69) is 25.4 Å². The Morgan fingerprint density at radius 2 is 2.20 bits per heavy atom. The number of nitrogens with two attached hydrogens (primary N) is 1. The van der Waals surface area contributed by atoms with Gasteiger partial charge in [0.2, 0.25) is 11.9 Å². The summed E-state index contributed by atoms with van der Waals surface area (Å²) in [5, 5.41) is 7.23. The highest BCUT2D eigenvalue weighted by Gasteiger charge is 2.06. The maximum Gasteiger partial charge on any atom is 0.323 e. The quantitative estimate of drug-likeness (QED) is 0.726. The van der Waals surface area contributed by atoms with Crippen LogP contribution in [0.25, 0.3) is 0 Å². The topological polar surface area (TPSA) is 104 Å². The number of aromatic nitrogens is 5. The zero-order valence-corrected chi connectivity index (χ0v) is 11.7. The van der Waals surface area contributed by atoms with Crippen LogP contribution in [0, 0.1) is 0 Å². The van der Waals surface area contributed by atoms with E-state index in [1.165, 1.54) is 0 Å². The van der Waals surface area contributed by atoms with Crippen LogP contribution in [0.1, 0.15) is 20.3 Å². The predicted molar refractivity (Wildman–Crippen MR) is 75.3 cm³/mol. The zero-order valence-electron chi connectivity index (χ0n) is 11.7. The molecule has 0 atom stereocenters. The van der Waals surface area contributed by atoms with E-state index in [1.807, 2.05) is 30.8 Å². The molecule has 8 nitrogen and oxygen atoms in total. The molecule has 0 aliphatic rings. The van der Waals surface area contributed by atoms with E-state index in [1.54, 1.807) is 6.20 Å². The van der Waals surface area contributed by atoms with Gasteiger partial charge in [-0.2, -0.15) is 20.1 Å². The van der Waals surface area contributed by atoms with E-state index < -0.39 is 0 Å². The Bertz CT molecular complexity index is 527. The van der Waals surface area contributed by atoms with Crippen LogP contribution in [-0.2, 0) is 6.54 Å². The minimum atomic E-state index is -0.00975. The first kappa shape index (κ1) is 14.0. The maximum atomic E-state index is 5.62. The molecule has 0 aromatic carbocycles. The molecule has 0 aliphatic carbocycles. The summed E-state index contributed by atoms with van der Waals surface area (Å²) in [6.07, 6.45) is 4.57. The van der Waals surface area contributed by atoms with E-state index in [-0.39, 0.29) is 18.1 Å². The number of anilines is 2. The van der Waals surface area contributed by atoms with Crippen molar-refractivity contribution in [2.75, 3.05) is 17.6 Å². The third kappa shape index (κ3) is 4.38. The highest BCUT2D eigenvalue weighted by molar-refractivity contribution is 5.32. The van der Waals surface area contributed by atoms with Crippen LogP contribution in [-0.4, -0.2) is 37.4 Å². The Hall–Kier alpha value is -2.38. The number of nitrogen functional groups attached to an aromatic ring is 1. The Morgan fingerprint density at radius 1 is 1.35 bits per heavy atom. The van der Waals surface area contributed by atoms with Crippen LogP contribution in [0.2, 0.25) is 0 Å². The van der Waals surface area contributed by atoms with Crippen molar-refractivity contribution in [2.24, 2.45) is 0 Å². The number of ether oxygens (including phenoxy) is 1. The van der Waals surface area contributed by atoms with Crippen molar-refractivity contribution >= 4 is 11.9 Å². The highest BCUT2D eigenvalue weighted by atomic mass is 16.5. The van der Waals surface area contributed by atoms with Gasteiger partial charge in [0.25, 0.3) is 0 Å². The molecule has 3 N–H and O–H groups in total. The van der Waals surface area contributed by atoms with Crippen molar-refractivity contribution in [1.29, 1.82) is 0 Å². The Morgan fingerprint density at radius 3 is 2.90 bits per heavy atom. The molecule has 0 amide bonds. The lowest BCUT2D eigenvalue weighted by Gasteiger charge is -2.10. The lowest BCUT2D eigenvalue weighted by Crippen LogP contribution is -2.14. The number of rotatable bonds is 7. The Labute approximate surface area is 117 Å². The van der Waals surface area contributed by atoms with Crippen LogP contribution < -0.4 is 15.8 Å². The Balaban J connectivity index is 1.84. The zero-order chi connectivity index (χ0) is 14.4. The maximum absolute atomic E-state index is 5.62. The first-order valence-electron chi connectivity index (χ1n) is 6.53. The fourth-order valence-corrected chi connectivity index (χ4v) is 1.59. The number of nitrogens with zero attached hydrogens (tertiary/aromatic N) is 5. The number of hydrogen-bond acceptors (Lipinski definition) is 7. The van der Waals surface area contributed by atoms with Crippen molar-refractivity contribution in [3.8, 4) is 6.01 Å². The number of hydrogen-bond donors (Lipinski definition) is 2. The molecule has 0 unspecified atom stereocenters. The van der Waals surface area contributed by atoms with E-state index in [4.69, 9.17) is 10.5 Å². The van der Waals surface area contributed by atoms with E-state index in [9.17, 15) is 0 Å². The lowest BCUT2D eigenvalue weighted by molar-refractivity contribution is 0.222. The first-order chi connectivity index (χ1) is 9.63. The normalized spacial score (nSPS) is 10.8. The van der Waals surface area contributed by atoms with Crippen molar-refractivity contribution in [3.63, 3.8) is 0 Å². The summed E-state index contributed by atoms with van der Waals surface area (Å²) in [6, 6.07) is 2.14. The molecule has 0 saturated heterocycles. The van der Waals surface area contributed by atoms with Gasteiger partial charge in [-0.1, -0.05) is 0 Å². The van der Waals surface area contributed by atoms with Crippen LogP contribution in [0.4, 0.5) is 11.9 Å². The molecule has 0 spiro atoms. The standard InChI is InChI=1S/C12H19N7O/c1-9(2)20-12-17-10(13)16-11(18-12)14-5-3-7-19-8-4-6-15-19/h4,6,8-9H,3,5,7H2,1-2H3,(H3,13,14,16,17,18). The van der Waals surface area contributed by atoms with Crippen molar-refractivity contribution in [2.45, 2.75) is 32.9 Å². The molecule has 2 aromatic rings. The monoisotopic (exact) mass is 277 g/mol. The molecule has 2 rings (SSSR count). The van der Waals surface area contributed by atoms with Crippen molar-refractivity contribution < 1.29 is 4.74 Å². The highest BCUT2D eigenvalue weighted by Crippen LogP contribution is 2.10. The van der Waals surface area contributed by atoms with Gasteiger partial charge < -0.3 is 15.8 Å². The van der Waals surface area contributed by atoms with Gasteiger partial charge in [-0.05, 0) is 26.3 Å². The molecule has 0 fully saturated rings. The van der Waals surface area contributed by atoms with E-state index in [0.29, 0.717) is 12.5 Å². The summed E-state index contributed by atoms with van der Waals surface area (Å²) in [4.78, 5) is 12.1. The number of nitrogens with one attached hydrogen (secondary N) is 1. The molecular weight excluding hydrogens is 258 g/mol. The summed E-state index contributed by atoms with van der Waals surface area (Å²) in [5.41, 5.74) is 5.62. The molecule has 0 bridgehead atoms. The summed E-state index contributed by atoms with van der Waals surface area (Å²) in [6.45, 7) is 5.34. The van der Waals surface area contributed by atoms with Gasteiger partial charge in [-0.3, -0.25) is 4.68 Å². The molecule has 0 radical (unpaired) electrons. The molecule has 2 aromatic heterocycles. The number of aryl methyl sites for hydroxylation is 1. The lowest BCUT2D eigenvalue weighted by atomic mass is 10.4. The van der Waals surface area contributed by atoms with Gasteiger partial charge in [0.1, 0.15) is 0 Å². The van der Waals surface area contributed by atoms with Gasteiger partial charge >= 0.3 is 6.01 Å². The summed E-state index contributed by atoms with van der Waals surface area (Å²) < 4.78 is 7.28. The molecule has 8 heteroatoms.